The van der Waals surface area contributed by atoms with E-state index in [2.05, 4.69) is 25.6 Å². The fraction of sp³-hybridized carbons (Fsp3) is 0.375. The Morgan fingerprint density at radius 2 is 1.85 bits per heavy atom. The van der Waals surface area contributed by atoms with Gasteiger partial charge < -0.3 is 10.6 Å². The van der Waals surface area contributed by atoms with Gasteiger partial charge in [-0.05, 0) is 24.8 Å². The highest BCUT2D eigenvalue weighted by Gasteiger charge is 2.47. The molecular formula is C16H14ClF4N5O. The molecule has 0 spiro atoms. The molecule has 3 atom stereocenters. The summed E-state index contributed by atoms with van der Waals surface area (Å²) in [7, 11) is 0. The molecule has 0 unspecified atom stereocenters. The number of fused-ring (bicyclic) bond motifs is 1. The number of alkyl halides is 3. The maximum absolute atomic E-state index is 13.2. The molecule has 3 heterocycles. The number of anilines is 1. The average molecular weight is 404 g/mol. The number of aromatic nitrogens is 3. The molecule has 2 N–H and O–H groups in total. The number of hydrogen-bond donors (Lipinski definition) is 2. The predicted molar refractivity (Wildman–Crippen MR) is 89.5 cm³/mol. The van der Waals surface area contributed by atoms with Crippen molar-refractivity contribution in [3.05, 3.63) is 36.0 Å². The third kappa shape index (κ3) is 4.01. The van der Waals surface area contributed by atoms with Crippen molar-refractivity contribution in [1.82, 2.24) is 20.3 Å². The van der Waals surface area contributed by atoms with Gasteiger partial charge in [0.15, 0.2) is 11.6 Å². The van der Waals surface area contributed by atoms with Gasteiger partial charge in [-0.1, -0.05) is 0 Å². The fourth-order valence-corrected chi connectivity index (χ4v) is 3.12. The zero-order chi connectivity index (χ0) is 18.5. The van der Waals surface area contributed by atoms with Crippen LogP contribution in [0.4, 0.5) is 23.4 Å². The Bertz CT molecular complexity index is 851. The molecule has 1 amide bonds. The predicted octanol–water partition coefficient (Wildman–Crippen LogP) is 2.81. The quantitative estimate of drug-likeness (QED) is 0.770. The summed E-state index contributed by atoms with van der Waals surface area (Å²) in [6, 6.07) is 1.02. The van der Waals surface area contributed by atoms with E-state index in [-0.39, 0.29) is 41.6 Å². The normalized spacial score (nSPS) is 23.3. The van der Waals surface area contributed by atoms with Gasteiger partial charge in [0.05, 0.1) is 24.0 Å². The SMILES string of the molecule is Cl.O=C(Nc1cc(-c2ncc(F)cn2)c(C(F)(F)F)cn1)[C@H]1C[C@H]2C[C@H]2N1. The summed E-state index contributed by atoms with van der Waals surface area (Å²) in [6.07, 6.45) is -0.792. The summed E-state index contributed by atoms with van der Waals surface area (Å²) in [5.41, 5.74) is -1.45. The molecule has 4 rings (SSSR count). The summed E-state index contributed by atoms with van der Waals surface area (Å²) in [6.45, 7) is 0. The molecule has 2 aromatic heterocycles. The molecular weight excluding hydrogens is 390 g/mol. The minimum Gasteiger partial charge on any atom is -0.309 e. The summed E-state index contributed by atoms with van der Waals surface area (Å²) in [5.74, 6) is -0.981. The molecule has 0 bridgehead atoms. The number of nitrogens with one attached hydrogen (secondary N) is 2. The highest BCUT2D eigenvalue weighted by molar-refractivity contribution is 5.95. The molecule has 2 aromatic rings. The van der Waals surface area contributed by atoms with E-state index >= 15 is 0 Å². The van der Waals surface area contributed by atoms with Crippen molar-refractivity contribution in [2.75, 3.05) is 5.32 Å². The van der Waals surface area contributed by atoms with E-state index in [4.69, 9.17) is 0 Å². The van der Waals surface area contributed by atoms with E-state index < -0.39 is 17.6 Å². The van der Waals surface area contributed by atoms with E-state index in [1.165, 1.54) is 0 Å². The molecule has 1 saturated carbocycles. The number of halogens is 5. The lowest BCUT2D eigenvalue weighted by Crippen LogP contribution is -2.38. The molecule has 27 heavy (non-hydrogen) atoms. The molecule has 144 valence electrons. The first-order chi connectivity index (χ1) is 12.3. The standard InChI is InChI=1S/C16H13F4N5O.ClH/c17-8-4-22-14(23-5-8)9-3-13(21-6-10(9)16(18,19)20)25-15(26)12-2-7-1-11(7)24-12;/h3-7,11-12,24H,1-2H2,(H,21,25,26);1H/t7-,11-,12-;/m1./s1. The van der Waals surface area contributed by atoms with Crippen LogP contribution >= 0.6 is 12.4 Å². The summed E-state index contributed by atoms with van der Waals surface area (Å²) < 4.78 is 52.7. The van der Waals surface area contributed by atoms with Crippen LogP contribution in [0.15, 0.2) is 24.7 Å². The van der Waals surface area contributed by atoms with Crippen molar-refractivity contribution in [1.29, 1.82) is 0 Å². The van der Waals surface area contributed by atoms with E-state index in [0.717, 1.165) is 24.9 Å². The number of amides is 1. The van der Waals surface area contributed by atoms with Crippen molar-refractivity contribution < 1.29 is 22.4 Å². The molecule has 11 heteroatoms. The number of pyridine rings is 1. The van der Waals surface area contributed by atoms with E-state index in [0.29, 0.717) is 24.6 Å². The third-order valence-electron chi connectivity index (χ3n) is 4.51. The lowest BCUT2D eigenvalue weighted by atomic mass is 10.1. The molecule has 0 radical (unpaired) electrons. The largest absolute Gasteiger partial charge is 0.418 e. The van der Waals surface area contributed by atoms with Crippen LogP contribution in [-0.2, 0) is 11.0 Å². The molecule has 2 fully saturated rings. The molecule has 2 aliphatic rings. The van der Waals surface area contributed by atoms with Gasteiger partial charge in [-0.15, -0.1) is 12.4 Å². The Hall–Kier alpha value is -2.33. The first-order valence-electron chi connectivity index (χ1n) is 7.93. The maximum Gasteiger partial charge on any atom is 0.418 e. The highest BCUT2D eigenvalue weighted by Crippen LogP contribution is 2.41. The van der Waals surface area contributed by atoms with E-state index in [9.17, 15) is 22.4 Å². The van der Waals surface area contributed by atoms with Crippen LogP contribution in [-0.4, -0.2) is 32.9 Å². The first kappa shape index (κ1) is 19.4. The fourth-order valence-electron chi connectivity index (χ4n) is 3.12. The highest BCUT2D eigenvalue weighted by atomic mass is 35.5. The maximum atomic E-state index is 13.2. The molecule has 1 aliphatic heterocycles. The van der Waals surface area contributed by atoms with Gasteiger partial charge in [0, 0.05) is 17.8 Å². The van der Waals surface area contributed by atoms with Crippen LogP contribution in [0.3, 0.4) is 0 Å². The minimum absolute atomic E-state index is 0. The monoisotopic (exact) mass is 403 g/mol. The smallest absolute Gasteiger partial charge is 0.309 e. The zero-order valence-electron chi connectivity index (χ0n) is 13.6. The number of hydrogen-bond acceptors (Lipinski definition) is 5. The van der Waals surface area contributed by atoms with Gasteiger partial charge in [-0.25, -0.2) is 19.3 Å². The first-order valence-corrected chi connectivity index (χ1v) is 7.93. The number of nitrogens with zero attached hydrogens (tertiary/aromatic N) is 3. The van der Waals surface area contributed by atoms with Crippen molar-refractivity contribution in [3.8, 4) is 11.4 Å². The lowest BCUT2D eigenvalue weighted by molar-refractivity contribution is -0.137. The number of carbonyl (C=O) groups is 1. The van der Waals surface area contributed by atoms with E-state index in [1.807, 2.05) is 0 Å². The molecule has 1 saturated heterocycles. The van der Waals surface area contributed by atoms with Crippen LogP contribution < -0.4 is 10.6 Å². The lowest BCUT2D eigenvalue weighted by Gasteiger charge is -2.15. The number of rotatable bonds is 3. The van der Waals surface area contributed by atoms with Crippen LogP contribution in [0.1, 0.15) is 18.4 Å². The van der Waals surface area contributed by atoms with E-state index in [1.54, 1.807) is 0 Å². The van der Waals surface area contributed by atoms with Crippen molar-refractivity contribution in [3.63, 3.8) is 0 Å². The summed E-state index contributed by atoms with van der Waals surface area (Å²) in [5, 5.41) is 5.67. The second-order valence-corrected chi connectivity index (χ2v) is 6.38. The second kappa shape index (κ2) is 7.01. The van der Waals surface area contributed by atoms with Gasteiger partial charge in [-0.2, -0.15) is 13.2 Å². The topological polar surface area (TPSA) is 79.8 Å². The van der Waals surface area contributed by atoms with Crippen molar-refractivity contribution in [2.45, 2.75) is 31.1 Å². The van der Waals surface area contributed by atoms with Crippen LogP contribution in [0.5, 0.6) is 0 Å². The van der Waals surface area contributed by atoms with Gasteiger partial charge >= 0.3 is 6.18 Å². The average Bonchev–Trinajstić information content (AvgIpc) is 3.20. The minimum atomic E-state index is -4.70. The Morgan fingerprint density at radius 1 is 1.15 bits per heavy atom. The number of carbonyl (C=O) groups excluding carboxylic acids is 1. The molecule has 0 aromatic carbocycles. The van der Waals surface area contributed by atoms with Crippen LogP contribution in [0.25, 0.3) is 11.4 Å². The summed E-state index contributed by atoms with van der Waals surface area (Å²) in [4.78, 5) is 23.1. The zero-order valence-corrected chi connectivity index (χ0v) is 14.4. The van der Waals surface area contributed by atoms with Crippen LogP contribution in [0.2, 0.25) is 0 Å². The summed E-state index contributed by atoms with van der Waals surface area (Å²) >= 11 is 0. The Morgan fingerprint density at radius 3 is 2.44 bits per heavy atom. The molecule has 6 nitrogen and oxygen atoms in total. The van der Waals surface area contributed by atoms with Gasteiger partial charge in [-0.3, -0.25) is 4.79 Å². The van der Waals surface area contributed by atoms with Gasteiger partial charge in [0.25, 0.3) is 0 Å². The Balaban J connectivity index is 0.00000210. The van der Waals surface area contributed by atoms with Gasteiger partial charge in [0.1, 0.15) is 5.82 Å². The van der Waals surface area contributed by atoms with Crippen molar-refractivity contribution >= 4 is 24.1 Å². The second-order valence-electron chi connectivity index (χ2n) is 6.38. The van der Waals surface area contributed by atoms with Gasteiger partial charge in [0.2, 0.25) is 5.91 Å². The Kier molecular flexibility index (Phi) is 5.04. The van der Waals surface area contributed by atoms with Crippen molar-refractivity contribution in [2.24, 2.45) is 5.92 Å². The molecule has 1 aliphatic carbocycles. The van der Waals surface area contributed by atoms with Crippen LogP contribution in [0, 0.1) is 11.7 Å². The Labute approximate surface area is 157 Å². The number of piperidine rings is 1. The third-order valence-corrected chi connectivity index (χ3v) is 4.51.